The van der Waals surface area contributed by atoms with Crippen molar-refractivity contribution in [2.75, 3.05) is 18.5 Å². The van der Waals surface area contributed by atoms with Crippen LogP contribution in [0.5, 0.6) is 5.75 Å². The van der Waals surface area contributed by atoms with Crippen LogP contribution >= 0.6 is 0 Å². The highest BCUT2D eigenvalue weighted by molar-refractivity contribution is 5.84. The van der Waals surface area contributed by atoms with Crippen LogP contribution in [0.4, 0.5) is 5.69 Å². The van der Waals surface area contributed by atoms with Crippen molar-refractivity contribution in [1.82, 2.24) is 4.90 Å². The fourth-order valence-corrected chi connectivity index (χ4v) is 3.33. The van der Waals surface area contributed by atoms with Crippen LogP contribution < -0.4 is 10.1 Å². The first kappa shape index (κ1) is 17.6. The van der Waals surface area contributed by atoms with Crippen LogP contribution in [0.2, 0.25) is 0 Å². The minimum absolute atomic E-state index is 0.209. The predicted molar refractivity (Wildman–Crippen MR) is 95.1 cm³/mol. The second kappa shape index (κ2) is 8.23. The molecule has 1 aliphatic heterocycles. The zero-order valence-corrected chi connectivity index (χ0v) is 14.9. The fourth-order valence-electron chi connectivity index (χ4n) is 3.33. The van der Waals surface area contributed by atoms with Gasteiger partial charge in [-0.1, -0.05) is 6.92 Å². The lowest BCUT2D eigenvalue weighted by atomic mass is 9.99. The van der Waals surface area contributed by atoms with Crippen LogP contribution in [0.15, 0.2) is 18.2 Å². The molecule has 4 heteroatoms. The maximum atomic E-state index is 12.8. The van der Waals surface area contributed by atoms with E-state index in [0.29, 0.717) is 12.6 Å². The molecule has 0 radical (unpaired) electrons. The van der Waals surface area contributed by atoms with Crippen LogP contribution in [0.25, 0.3) is 0 Å². The molecular formula is C19H30N2O2. The van der Waals surface area contributed by atoms with Crippen molar-refractivity contribution in [3.05, 3.63) is 23.8 Å². The lowest BCUT2D eigenvalue weighted by Crippen LogP contribution is -2.49. The molecule has 128 valence electrons. The summed E-state index contributed by atoms with van der Waals surface area (Å²) in [5, 5.41) is 3.35. The number of nitrogens with zero attached hydrogens (tertiary/aromatic N) is 1. The smallest absolute Gasteiger partial charge is 0.245 e. The van der Waals surface area contributed by atoms with Gasteiger partial charge in [-0.3, -0.25) is 4.79 Å². The first-order valence-corrected chi connectivity index (χ1v) is 8.87. The lowest BCUT2D eigenvalue weighted by molar-refractivity contribution is -0.135. The maximum absolute atomic E-state index is 12.8. The Kier molecular flexibility index (Phi) is 6.31. The average molecular weight is 318 g/mol. The normalized spacial score (nSPS) is 19.3. The number of nitrogens with one attached hydrogen (secondary N) is 1. The van der Waals surface area contributed by atoms with Crippen molar-refractivity contribution in [1.29, 1.82) is 0 Å². The predicted octanol–water partition coefficient (Wildman–Crippen LogP) is 3.99. The molecule has 2 rings (SSSR count). The number of rotatable bonds is 6. The van der Waals surface area contributed by atoms with Crippen LogP contribution in [-0.2, 0) is 4.79 Å². The van der Waals surface area contributed by atoms with Gasteiger partial charge in [-0.05, 0) is 70.2 Å². The minimum atomic E-state index is -0.209. The zero-order valence-electron chi connectivity index (χ0n) is 14.9. The molecule has 2 atom stereocenters. The topological polar surface area (TPSA) is 41.6 Å². The Labute approximate surface area is 140 Å². The SMILES string of the molecule is CCOc1ccc(NC(C)C(=O)N2CCCCC2CC)cc1C. The number of benzene rings is 1. The van der Waals surface area contributed by atoms with Gasteiger partial charge in [0.1, 0.15) is 11.8 Å². The van der Waals surface area contributed by atoms with Gasteiger partial charge >= 0.3 is 0 Å². The summed E-state index contributed by atoms with van der Waals surface area (Å²) in [6.07, 6.45) is 4.54. The van der Waals surface area contributed by atoms with E-state index in [1.165, 1.54) is 6.42 Å². The number of hydrogen-bond donors (Lipinski definition) is 1. The van der Waals surface area contributed by atoms with Crippen molar-refractivity contribution < 1.29 is 9.53 Å². The summed E-state index contributed by atoms with van der Waals surface area (Å²) >= 11 is 0. The van der Waals surface area contributed by atoms with E-state index in [2.05, 4.69) is 17.1 Å². The number of hydrogen-bond acceptors (Lipinski definition) is 3. The molecule has 2 unspecified atom stereocenters. The number of carbonyl (C=O) groups excluding carboxylic acids is 1. The molecule has 0 spiro atoms. The molecule has 1 aromatic rings. The van der Waals surface area contributed by atoms with Crippen molar-refractivity contribution in [3.63, 3.8) is 0 Å². The highest BCUT2D eigenvalue weighted by Crippen LogP contribution is 2.24. The number of carbonyl (C=O) groups is 1. The first-order chi connectivity index (χ1) is 11.1. The Hall–Kier alpha value is -1.71. The number of likely N-dealkylation sites (tertiary alicyclic amines) is 1. The van der Waals surface area contributed by atoms with Crippen LogP contribution in [0.1, 0.15) is 52.0 Å². The Morgan fingerprint density at radius 2 is 2.17 bits per heavy atom. The molecule has 23 heavy (non-hydrogen) atoms. The zero-order chi connectivity index (χ0) is 16.8. The summed E-state index contributed by atoms with van der Waals surface area (Å²) < 4.78 is 5.56. The molecule has 1 heterocycles. The molecule has 1 N–H and O–H groups in total. The first-order valence-electron chi connectivity index (χ1n) is 8.87. The standard InChI is InChI=1S/C19H30N2O2/c1-5-17-9-7-8-12-21(17)19(22)15(4)20-16-10-11-18(23-6-2)14(3)13-16/h10-11,13,15,17,20H,5-9,12H2,1-4H3. The van der Waals surface area contributed by atoms with Crippen LogP contribution in [0, 0.1) is 6.92 Å². The second-order valence-corrected chi connectivity index (χ2v) is 6.37. The lowest BCUT2D eigenvalue weighted by Gasteiger charge is -2.37. The van der Waals surface area contributed by atoms with Crippen molar-refractivity contribution >= 4 is 11.6 Å². The van der Waals surface area contributed by atoms with Crippen molar-refractivity contribution in [3.8, 4) is 5.75 Å². The van der Waals surface area contributed by atoms with E-state index in [-0.39, 0.29) is 11.9 Å². The molecule has 1 aromatic carbocycles. The van der Waals surface area contributed by atoms with E-state index >= 15 is 0 Å². The number of anilines is 1. The molecule has 4 nitrogen and oxygen atoms in total. The van der Waals surface area contributed by atoms with E-state index in [1.807, 2.05) is 39.0 Å². The van der Waals surface area contributed by atoms with E-state index in [1.54, 1.807) is 0 Å². The van der Waals surface area contributed by atoms with Crippen molar-refractivity contribution in [2.24, 2.45) is 0 Å². The molecule has 0 aromatic heterocycles. The minimum Gasteiger partial charge on any atom is -0.494 e. The van der Waals surface area contributed by atoms with Gasteiger partial charge in [0, 0.05) is 18.3 Å². The Bertz CT molecular complexity index is 530. The van der Waals surface area contributed by atoms with Gasteiger partial charge in [-0.2, -0.15) is 0 Å². The van der Waals surface area contributed by atoms with Gasteiger partial charge in [0.05, 0.1) is 6.61 Å². The molecule has 0 saturated carbocycles. The molecule has 1 amide bonds. The highest BCUT2D eigenvalue weighted by Gasteiger charge is 2.28. The molecule has 1 fully saturated rings. The summed E-state index contributed by atoms with van der Waals surface area (Å²) in [6.45, 7) is 9.69. The van der Waals surface area contributed by atoms with Gasteiger partial charge in [-0.15, -0.1) is 0 Å². The van der Waals surface area contributed by atoms with Crippen LogP contribution in [0.3, 0.4) is 0 Å². The number of aryl methyl sites for hydroxylation is 1. The summed E-state index contributed by atoms with van der Waals surface area (Å²) in [7, 11) is 0. The fraction of sp³-hybridized carbons (Fsp3) is 0.632. The molecular weight excluding hydrogens is 288 g/mol. The number of piperidine rings is 1. The summed E-state index contributed by atoms with van der Waals surface area (Å²) in [5.41, 5.74) is 2.05. The van der Waals surface area contributed by atoms with Gasteiger partial charge in [-0.25, -0.2) is 0 Å². The molecule has 0 bridgehead atoms. The van der Waals surface area contributed by atoms with E-state index in [4.69, 9.17) is 4.74 Å². The summed E-state index contributed by atoms with van der Waals surface area (Å²) in [5.74, 6) is 1.11. The third-order valence-electron chi connectivity index (χ3n) is 4.61. The van der Waals surface area contributed by atoms with Crippen molar-refractivity contribution in [2.45, 2.75) is 65.5 Å². The summed E-state index contributed by atoms with van der Waals surface area (Å²) in [4.78, 5) is 14.8. The average Bonchev–Trinajstić information content (AvgIpc) is 2.56. The molecule has 1 aliphatic rings. The van der Waals surface area contributed by atoms with E-state index in [0.717, 1.165) is 42.8 Å². The van der Waals surface area contributed by atoms with Gasteiger partial charge in [0.2, 0.25) is 5.91 Å². The quantitative estimate of drug-likeness (QED) is 0.862. The van der Waals surface area contributed by atoms with E-state index < -0.39 is 0 Å². The Morgan fingerprint density at radius 3 is 2.83 bits per heavy atom. The van der Waals surface area contributed by atoms with Gasteiger partial charge < -0.3 is 15.0 Å². The van der Waals surface area contributed by atoms with Gasteiger partial charge in [0.15, 0.2) is 0 Å². The summed E-state index contributed by atoms with van der Waals surface area (Å²) in [6, 6.07) is 6.19. The largest absolute Gasteiger partial charge is 0.494 e. The highest BCUT2D eigenvalue weighted by atomic mass is 16.5. The second-order valence-electron chi connectivity index (χ2n) is 6.37. The number of amides is 1. The molecule has 1 saturated heterocycles. The Morgan fingerprint density at radius 1 is 1.39 bits per heavy atom. The third-order valence-corrected chi connectivity index (χ3v) is 4.61. The van der Waals surface area contributed by atoms with Gasteiger partial charge in [0.25, 0.3) is 0 Å². The molecule has 0 aliphatic carbocycles. The Balaban J connectivity index is 2.01. The third kappa shape index (κ3) is 4.40. The number of ether oxygens (including phenoxy) is 1. The maximum Gasteiger partial charge on any atom is 0.245 e. The monoisotopic (exact) mass is 318 g/mol. The van der Waals surface area contributed by atoms with Crippen LogP contribution in [-0.4, -0.2) is 36.0 Å². The van der Waals surface area contributed by atoms with E-state index in [9.17, 15) is 4.79 Å².